The lowest BCUT2D eigenvalue weighted by Gasteiger charge is -2.28. The Morgan fingerprint density at radius 1 is 0.933 bits per heavy atom. The lowest BCUT2D eigenvalue weighted by molar-refractivity contribution is -0.224. The summed E-state index contributed by atoms with van der Waals surface area (Å²) in [7, 11) is 0. The van der Waals surface area contributed by atoms with Gasteiger partial charge in [-0.1, -0.05) is 0 Å². The molecule has 0 rings (SSSR count). The molecule has 0 fully saturated rings. The summed E-state index contributed by atoms with van der Waals surface area (Å²) in [6, 6.07) is 0. The van der Waals surface area contributed by atoms with Crippen LogP contribution in [0.5, 0.6) is 0 Å². The van der Waals surface area contributed by atoms with Crippen molar-refractivity contribution in [1.29, 1.82) is 0 Å². The van der Waals surface area contributed by atoms with E-state index in [4.69, 9.17) is 9.47 Å². The molecular weight excluding hydrogens is 196 g/mol. The zero-order valence-corrected chi connectivity index (χ0v) is 10.6. The van der Waals surface area contributed by atoms with Gasteiger partial charge in [-0.15, -0.1) is 0 Å². The number of aliphatic hydroxyl groups is 2. The van der Waals surface area contributed by atoms with Crippen LogP contribution in [0, 0.1) is 0 Å². The van der Waals surface area contributed by atoms with Crippen molar-refractivity contribution in [1.82, 2.24) is 0 Å². The van der Waals surface area contributed by atoms with E-state index in [-0.39, 0.29) is 12.2 Å². The third-order valence-electron chi connectivity index (χ3n) is 1.49. The molecule has 2 unspecified atom stereocenters. The topological polar surface area (TPSA) is 58.9 Å². The van der Waals surface area contributed by atoms with Gasteiger partial charge in [0.1, 0.15) is 6.10 Å². The Bertz CT molecular complexity index is 178. The molecule has 0 bridgehead atoms. The van der Waals surface area contributed by atoms with Crippen LogP contribution < -0.4 is 0 Å². The number of rotatable bonds is 4. The molecule has 2 atom stereocenters. The van der Waals surface area contributed by atoms with Crippen molar-refractivity contribution in [3.05, 3.63) is 0 Å². The number of aliphatic hydroxyl groups excluding tert-OH is 2. The number of ether oxygens (including phenoxy) is 2. The van der Waals surface area contributed by atoms with Gasteiger partial charge in [-0.2, -0.15) is 0 Å². The van der Waals surface area contributed by atoms with Crippen molar-refractivity contribution in [2.45, 2.75) is 65.1 Å². The maximum absolute atomic E-state index is 9.54. The van der Waals surface area contributed by atoms with Crippen LogP contribution in [-0.4, -0.2) is 40.4 Å². The molecule has 4 heteroatoms. The van der Waals surface area contributed by atoms with Crippen LogP contribution in [0.1, 0.15) is 41.5 Å². The molecule has 15 heavy (non-hydrogen) atoms. The van der Waals surface area contributed by atoms with E-state index in [0.29, 0.717) is 0 Å². The van der Waals surface area contributed by atoms with Gasteiger partial charge < -0.3 is 19.7 Å². The van der Waals surface area contributed by atoms with Crippen molar-refractivity contribution in [2.24, 2.45) is 0 Å². The Morgan fingerprint density at radius 2 is 1.40 bits per heavy atom. The van der Waals surface area contributed by atoms with E-state index in [1.807, 2.05) is 41.5 Å². The summed E-state index contributed by atoms with van der Waals surface area (Å²) < 4.78 is 10.5. The average molecular weight is 220 g/mol. The molecule has 0 aromatic heterocycles. The van der Waals surface area contributed by atoms with E-state index >= 15 is 0 Å². The Morgan fingerprint density at radius 3 is 1.73 bits per heavy atom. The highest BCUT2D eigenvalue weighted by molar-refractivity contribution is 4.67. The summed E-state index contributed by atoms with van der Waals surface area (Å²) in [5.41, 5.74) is -0.815. The number of hydrogen-bond donors (Lipinski definition) is 2. The van der Waals surface area contributed by atoms with Crippen molar-refractivity contribution < 1.29 is 19.7 Å². The molecule has 0 aromatic carbocycles. The van der Waals surface area contributed by atoms with Gasteiger partial charge in [0.2, 0.25) is 0 Å². The molecule has 0 amide bonds. The largest absolute Gasteiger partial charge is 0.385 e. The van der Waals surface area contributed by atoms with Crippen molar-refractivity contribution in [3.8, 4) is 0 Å². The summed E-state index contributed by atoms with van der Waals surface area (Å²) in [4.78, 5) is 0. The van der Waals surface area contributed by atoms with Crippen molar-refractivity contribution >= 4 is 0 Å². The molecule has 0 aliphatic carbocycles. The van der Waals surface area contributed by atoms with Crippen LogP contribution >= 0.6 is 0 Å². The second-order valence-electron chi connectivity index (χ2n) is 5.61. The lowest BCUT2D eigenvalue weighted by Crippen LogP contribution is -2.40. The highest BCUT2D eigenvalue weighted by Crippen LogP contribution is 2.13. The SMILES string of the molecule is CC(C)(C)OCC(O)C(O)OC(C)(C)C. The lowest BCUT2D eigenvalue weighted by atomic mass is 10.2. The van der Waals surface area contributed by atoms with E-state index in [9.17, 15) is 10.2 Å². The predicted molar refractivity (Wildman–Crippen MR) is 58.6 cm³/mol. The fourth-order valence-corrected chi connectivity index (χ4v) is 0.858. The highest BCUT2D eigenvalue weighted by atomic mass is 16.6. The molecule has 0 saturated carbocycles. The summed E-state index contributed by atoms with van der Waals surface area (Å²) in [6.07, 6.45) is -2.24. The molecular formula is C11H24O4. The summed E-state index contributed by atoms with van der Waals surface area (Å²) >= 11 is 0. The Labute approximate surface area is 92.2 Å². The summed E-state index contributed by atoms with van der Waals surface area (Å²) in [5, 5.41) is 19.0. The van der Waals surface area contributed by atoms with Crippen LogP contribution in [0.15, 0.2) is 0 Å². The maximum atomic E-state index is 9.54. The molecule has 0 heterocycles. The molecule has 0 aromatic rings. The van der Waals surface area contributed by atoms with Crippen molar-refractivity contribution in [2.75, 3.05) is 6.61 Å². The molecule has 2 N–H and O–H groups in total. The Balaban J connectivity index is 3.95. The second kappa shape index (κ2) is 5.25. The highest BCUT2D eigenvalue weighted by Gasteiger charge is 2.25. The molecule has 0 spiro atoms. The first kappa shape index (κ1) is 14.8. The smallest absolute Gasteiger partial charge is 0.183 e. The fraction of sp³-hybridized carbons (Fsp3) is 1.00. The van der Waals surface area contributed by atoms with Crippen LogP contribution in [0.4, 0.5) is 0 Å². The number of hydrogen-bond acceptors (Lipinski definition) is 4. The van der Waals surface area contributed by atoms with Gasteiger partial charge in [0.05, 0.1) is 17.8 Å². The van der Waals surface area contributed by atoms with E-state index in [1.165, 1.54) is 0 Å². The zero-order valence-electron chi connectivity index (χ0n) is 10.6. The van der Waals surface area contributed by atoms with Gasteiger partial charge in [-0.25, -0.2) is 0 Å². The van der Waals surface area contributed by atoms with E-state index < -0.39 is 18.0 Å². The fourth-order valence-electron chi connectivity index (χ4n) is 0.858. The first-order chi connectivity index (χ1) is 6.51. The quantitative estimate of drug-likeness (QED) is 0.701. The first-order valence-corrected chi connectivity index (χ1v) is 5.19. The normalized spacial score (nSPS) is 17.6. The minimum Gasteiger partial charge on any atom is -0.385 e. The monoisotopic (exact) mass is 220 g/mol. The van der Waals surface area contributed by atoms with Gasteiger partial charge in [0, 0.05) is 0 Å². The minimum atomic E-state index is -1.22. The standard InChI is InChI=1S/C11H24O4/c1-10(2,3)14-7-8(12)9(13)15-11(4,5)6/h8-9,12-13H,7H2,1-6H3. The Kier molecular flexibility index (Phi) is 5.20. The molecule has 92 valence electrons. The van der Waals surface area contributed by atoms with Crippen LogP contribution in [0.2, 0.25) is 0 Å². The molecule has 0 aliphatic heterocycles. The van der Waals surface area contributed by atoms with E-state index in [2.05, 4.69) is 0 Å². The Hall–Kier alpha value is -0.160. The van der Waals surface area contributed by atoms with Gasteiger partial charge in [-0.3, -0.25) is 0 Å². The van der Waals surface area contributed by atoms with Gasteiger partial charge >= 0.3 is 0 Å². The molecule has 0 aliphatic rings. The molecule has 4 nitrogen and oxygen atoms in total. The predicted octanol–water partition coefficient (Wildman–Crippen LogP) is 1.30. The maximum Gasteiger partial charge on any atom is 0.183 e. The molecule has 0 radical (unpaired) electrons. The third kappa shape index (κ3) is 8.81. The van der Waals surface area contributed by atoms with E-state index in [0.717, 1.165) is 0 Å². The van der Waals surface area contributed by atoms with Crippen LogP contribution in [0.25, 0.3) is 0 Å². The summed E-state index contributed by atoms with van der Waals surface area (Å²) in [6.45, 7) is 11.2. The second-order valence-corrected chi connectivity index (χ2v) is 5.61. The third-order valence-corrected chi connectivity index (χ3v) is 1.49. The van der Waals surface area contributed by atoms with Crippen molar-refractivity contribution in [3.63, 3.8) is 0 Å². The van der Waals surface area contributed by atoms with Gasteiger partial charge in [0.25, 0.3) is 0 Å². The summed E-state index contributed by atoms with van der Waals surface area (Å²) in [5.74, 6) is 0. The first-order valence-electron chi connectivity index (χ1n) is 5.19. The zero-order chi connectivity index (χ0) is 12.3. The van der Waals surface area contributed by atoms with Gasteiger partial charge in [-0.05, 0) is 41.5 Å². The molecule has 0 saturated heterocycles. The average Bonchev–Trinajstić information content (AvgIpc) is 1.95. The van der Waals surface area contributed by atoms with Gasteiger partial charge in [0.15, 0.2) is 6.29 Å². The van der Waals surface area contributed by atoms with Crippen LogP contribution in [-0.2, 0) is 9.47 Å². The van der Waals surface area contributed by atoms with Crippen LogP contribution in [0.3, 0.4) is 0 Å². The minimum absolute atomic E-state index is 0.0563. The van der Waals surface area contributed by atoms with E-state index in [1.54, 1.807) is 0 Å².